The second-order valence-electron chi connectivity index (χ2n) is 1.92. The van der Waals surface area contributed by atoms with Crippen LogP contribution in [0.2, 0.25) is 0 Å². The van der Waals surface area contributed by atoms with Crippen molar-refractivity contribution in [2.45, 2.75) is 18.4 Å². The molecule has 0 heterocycles. The summed E-state index contributed by atoms with van der Waals surface area (Å²) in [4.78, 5) is 0. The average Bonchev–Trinajstić information content (AvgIpc) is 1.77. The summed E-state index contributed by atoms with van der Waals surface area (Å²) in [5, 5.41) is 0. The number of sulfonamides is 2. The molecule has 100 valence electrons. The van der Waals surface area contributed by atoms with E-state index < -0.39 is 31.1 Å². The van der Waals surface area contributed by atoms with Crippen molar-refractivity contribution < 1.29 is 62.0 Å². The van der Waals surface area contributed by atoms with Gasteiger partial charge in [0.2, 0.25) is 0 Å². The van der Waals surface area contributed by atoms with Gasteiger partial charge in [-0.1, -0.05) is 7.43 Å². The molecule has 5 nitrogen and oxygen atoms in total. The normalized spacial score (nSPS) is 13.5. The topological polar surface area (TPSA) is 82.4 Å². The third-order valence-electron chi connectivity index (χ3n) is 0.781. The monoisotopic (exact) mass is 303 g/mol. The molecule has 0 aliphatic carbocycles. The summed E-state index contributed by atoms with van der Waals surface area (Å²) in [5.41, 5.74) is -12.4. The van der Waals surface area contributed by atoms with Crippen LogP contribution in [0.5, 0.6) is 0 Å². The summed E-state index contributed by atoms with van der Waals surface area (Å²) >= 11 is 0. The number of alkyl halides is 6. The number of hydrogen-bond acceptors (Lipinski definition) is 4. The number of rotatable bonds is 2. The van der Waals surface area contributed by atoms with Crippen LogP contribution in [0, 0.1) is 0 Å². The second-order valence-corrected chi connectivity index (χ2v) is 5.34. The molecule has 0 bridgehead atoms. The van der Waals surface area contributed by atoms with Crippen LogP contribution < -0.4 is 18.9 Å². The molecule has 0 spiro atoms. The van der Waals surface area contributed by atoms with Crippen LogP contribution in [0.1, 0.15) is 7.43 Å². The van der Waals surface area contributed by atoms with E-state index in [1.165, 1.54) is 0 Å². The molecule has 0 aliphatic rings. The molecule has 0 rings (SSSR count). The number of nitrogens with zero attached hydrogens (tertiary/aromatic N) is 1. The number of hydrogen-bond donors (Lipinski definition) is 0. The van der Waals surface area contributed by atoms with Gasteiger partial charge in [-0.05, 0) is 0 Å². The van der Waals surface area contributed by atoms with E-state index in [2.05, 4.69) is 0 Å². The Morgan fingerprint density at radius 3 is 1.00 bits per heavy atom. The van der Waals surface area contributed by atoms with Gasteiger partial charge in [-0.15, -0.1) is 0 Å². The van der Waals surface area contributed by atoms with Crippen molar-refractivity contribution in [3.05, 3.63) is 4.13 Å². The molecule has 14 heteroatoms. The molecule has 0 fully saturated rings. The van der Waals surface area contributed by atoms with Crippen molar-refractivity contribution in [3.63, 3.8) is 0 Å². The first kappa shape index (κ1) is 22.2. The predicted molar refractivity (Wildman–Crippen MR) is 40.0 cm³/mol. The zero-order valence-electron chi connectivity index (χ0n) is 7.16. The van der Waals surface area contributed by atoms with Gasteiger partial charge < -0.3 is 4.13 Å². The minimum Gasteiger partial charge on any atom is -0.421 e. The molecule has 0 aromatic rings. The molecule has 0 aliphatic heterocycles. The Morgan fingerprint density at radius 1 is 0.706 bits per heavy atom. The zero-order chi connectivity index (χ0) is 12.7. The van der Waals surface area contributed by atoms with Gasteiger partial charge in [-0.3, -0.25) is 0 Å². The van der Waals surface area contributed by atoms with Gasteiger partial charge in [0.15, 0.2) is 20.0 Å². The fourth-order valence-electron chi connectivity index (χ4n) is 0.214. The van der Waals surface area contributed by atoms with Gasteiger partial charge in [0, 0.05) is 0 Å². The van der Waals surface area contributed by atoms with Crippen LogP contribution >= 0.6 is 0 Å². The summed E-state index contributed by atoms with van der Waals surface area (Å²) in [6.45, 7) is 0. The van der Waals surface area contributed by atoms with E-state index in [9.17, 15) is 43.2 Å². The number of halogens is 6. The summed E-state index contributed by atoms with van der Waals surface area (Å²) in [6.07, 6.45) is 0. The van der Waals surface area contributed by atoms with Crippen LogP contribution in [-0.2, 0) is 20.0 Å². The third kappa shape index (κ3) is 5.47. The van der Waals surface area contributed by atoms with Gasteiger partial charge in [-0.2, -0.15) is 26.3 Å². The van der Waals surface area contributed by atoms with Crippen molar-refractivity contribution in [1.82, 2.24) is 0 Å². The van der Waals surface area contributed by atoms with Crippen molar-refractivity contribution in [2.75, 3.05) is 0 Å². The fraction of sp³-hybridized carbons (Fsp3) is 1.00. The van der Waals surface area contributed by atoms with E-state index in [1.807, 2.05) is 0 Å². The van der Waals surface area contributed by atoms with Gasteiger partial charge >= 0.3 is 29.9 Å². The molecule has 0 atom stereocenters. The van der Waals surface area contributed by atoms with Gasteiger partial charge in [0.25, 0.3) is 0 Å². The smallest absolute Gasteiger partial charge is 0.421 e. The van der Waals surface area contributed by atoms with E-state index in [1.54, 1.807) is 0 Å². The molecular weight excluding hydrogens is 299 g/mol. The molecule has 0 aromatic heterocycles. The van der Waals surface area contributed by atoms with Gasteiger partial charge in [-0.25, -0.2) is 16.8 Å². The molecule has 0 radical (unpaired) electrons. The van der Waals surface area contributed by atoms with Gasteiger partial charge in [0.05, 0.1) is 0 Å². The molecule has 0 aromatic carbocycles. The third-order valence-corrected chi connectivity index (χ3v) is 3.52. The summed E-state index contributed by atoms with van der Waals surface area (Å²) in [7, 11) is -13.4. The molecule has 17 heavy (non-hydrogen) atoms. The maximum atomic E-state index is 11.4. The maximum Gasteiger partial charge on any atom is 1.00 e. The fourth-order valence-corrected chi connectivity index (χ4v) is 1.92. The quantitative estimate of drug-likeness (QED) is 0.469. The first-order valence-electron chi connectivity index (χ1n) is 2.57. The second kappa shape index (κ2) is 5.78. The van der Waals surface area contributed by atoms with Crippen LogP contribution in [0.15, 0.2) is 0 Å². The van der Waals surface area contributed by atoms with Crippen molar-refractivity contribution >= 4 is 20.0 Å². The summed E-state index contributed by atoms with van der Waals surface area (Å²) < 4.78 is 109. The van der Waals surface area contributed by atoms with E-state index in [4.69, 9.17) is 0 Å². The first-order valence-corrected chi connectivity index (χ1v) is 5.45. The van der Waals surface area contributed by atoms with Crippen LogP contribution in [0.25, 0.3) is 4.13 Å². The SMILES string of the molecule is C.O=S(=O)([N-]S(=O)(=O)C(F)(F)F)C(F)(F)F.[Li+]. The van der Waals surface area contributed by atoms with E-state index in [0.29, 0.717) is 0 Å². The van der Waals surface area contributed by atoms with Gasteiger partial charge in [0.1, 0.15) is 0 Å². The summed E-state index contributed by atoms with van der Waals surface area (Å²) in [6, 6.07) is 0. The van der Waals surface area contributed by atoms with Crippen molar-refractivity contribution in [3.8, 4) is 0 Å². The van der Waals surface area contributed by atoms with Crippen LogP contribution in [0.4, 0.5) is 26.3 Å². The first-order chi connectivity index (χ1) is 6.21. The molecular formula is C3H4F6LiNO4S2. The van der Waals surface area contributed by atoms with Crippen LogP contribution in [-0.4, -0.2) is 27.9 Å². The molecule has 0 amide bonds. The maximum absolute atomic E-state index is 11.4. The molecule has 0 unspecified atom stereocenters. The largest absolute Gasteiger partial charge is 1.00 e. The Hall–Kier alpha value is 0.0374. The Bertz CT molecular complexity index is 393. The van der Waals surface area contributed by atoms with Crippen LogP contribution in [0.3, 0.4) is 0 Å². The average molecular weight is 303 g/mol. The van der Waals surface area contributed by atoms with E-state index in [-0.39, 0.29) is 26.3 Å². The Morgan fingerprint density at radius 2 is 0.882 bits per heavy atom. The van der Waals surface area contributed by atoms with Crippen molar-refractivity contribution in [1.29, 1.82) is 0 Å². The summed E-state index contributed by atoms with van der Waals surface area (Å²) in [5.74, 6) is 0. The zero-order valence-corrected chi connectivity index (χ0v) is 8.80. The predicted octanol–water partition coefficient (Wildman–Crippen LogP) is -1.30. The molecule has 0 saturated carbocycles. The minimum absolute atomic E-state index is 0. The Kier molecular flexibility index (Phi) is 7.57. The Balaban J connectivity index is -0.000000980. The Labute approximate surface area is 105 Å². The minimum atomic E-state index is -6.72. The standard InChI is InChI=1S/C2F6NO4S2.CH4.Li/c3-1(4,5)14(10,11)9-15(12,13)2(6,7)8;;/h;1H4;/q-1;;+1. The molecule has 0 saturated heterocycles. The van der Waals surface area contributed by atoms with E-state index >= 15 is 0 Å². The van der Waals surface area contributed by atoms with Crippen molar-refractivity contribution in [2.24, 2.45) is 0 Å². The molecule has 0 N–H and O–H groups in total. The van der Waals surface area contributed by atoms with E-state index in [0.717, 1.165) is 4.13 Å².